The van der Waals surface area contributed by atoms with E-state index in [-0.39, 0.29) is 16.3 Å². The Morgan fingerprint density at radius 1 is 1.38 bits per heavy atom. The van der Waals surface area contributed by atoms with Gasteiger partial charge in [-0.05, 0) is 37.3 Å². The molecule has 8 heteroatoms. The Morgan fingerprint density at radius 3 is 2.67 bits per heavy atom. The fraction of sp³-hybridized carbons (Fsp3) is 0.538. The number of nitrogens with one attached hydrogen (secondary N) is 2. The van der Waals surface area contributed by atoms with Crippen LogP contribution in [0.5, 0.6) is 0 Å². The molecule has 0 radical (unpaired) electrons. The first-order valence-electron chi connectivity index (χ1n) is 6.96. The Hall–Kier alpha value is -1.67. The maximum absolute atomic E-state index is 12.2. The molecule has 1 fully saturated rings. The van der Waals surface area contributed by atoms with Crippen molar-refractivity contribution in [2.45, 2.75) is 31.1 Å². The predicted octanol–water partition coefficient (Wildman–Crippen LogP) is 2.10. The summed E-state index contributed by atoms with van der Waals surface area (Å²) < 4.78 is 26.9. The van der Waals surface area contributed by atoms with Gasteiger partial charge in [0.05, 0.1) is 9.82 Å². The van der Waals surface area contributed by atoms with Crippen LogP contribution in [-0.4, -0.2) is 26.4 Å². The van der Waals surface area contributed by atoms with Gasteiger partial charge in [-0.2, -0.15) is 0 Å². The van der Waals surface area contributed by atoms with Gasteiger partial charge >= 0.3 is 0 Å². The van der Waals surface area contributed by atoms with Gasteiger partial charge in [0.25, 0.3) is 5.69 Å². The number of nitro groups is 1. The molecule has 1 aromatic rings. The molecule has 0 saturated heterocycles. The number of benzene rings is 1. The van der Waals surface area contributed by atoms with Gasteiger partial charge < -0.3 is 5.32 Å². The first-order chi connectivity index (χ1) is 9.94. The Bertz CT molecular complexity index is 626. The highest BCUT2D eigenvalue weighted by atomic mass is 32.2. The fourth-order valence-corrected chi connectivity index (χ4v) is 3.02. The number of rotatable bonds is 8. The predicted molar refractivity (Wildman–Crippen MR) is 79.8 cm³/mol. The minimum Gasteiger partial charge on any atom is -0.379 e. The largest absolute Gasteiger partial charge is 0.379 e. The molecule has 1 aromatic carbocycles. The first kappa shape index (κ1) is 15.7. The molecule has 2 rings (SSSR count). The zero-order valence-electron chi connectivity index (χ0n) is 11.8. The Labute approximate surface area is 123 Å². The smallest absolute Gasteiger partial charge is 0.292 e. The third-order valence-electron chi connectivity index (χ3n) is 3.30. The lowest BCUT2D eigenvalue weighted by Gasteiger charge is -2.10. The van der Waals surface area contributed by atoms with Crippen molar-refractivity contribution in [3.63, 3.8) is 0 Å². The molecule has 2 N–H and O–H groups in total. The Morgan fingerprint density at radius 2 is 2.10 bits per heavy atom. The van der Waals surface area contributed by atoms with E-state index < -0.39 is 14.9 Å². The molecule has 116 valence electrons. The van der Waals surface area contributed by atoms with Crippen molar-refractivity contribution in [3.05, 3.63) is 28.3 Å². The van der Waals surface area contributed by atoms with Crippen LogP contribution in [0.2, 0.25) is 0 Å². The molecular weight excluding hydrogens is 294 g/mol. The summed E-state index contributed by atoms with van der Waals surface area (Å²) in [5.41, 5.74) is 0.112. The summed E-state index contributed by atoms with van der Waals surface area (Å²) in [6.45, 7) is 2.90. The average molecular weight is 313 g/mol. The van der Waals surface area contributed by atoms with E-state index in [9.17, 15) is 18.5 Å². The molecule has 0 atom stereocenters. The normalized spacial score (nSPS) is 14.9. The van der Waals surface area contributed by atoms with Crippen LogP contribution in [0.15, 0.2) is 23.1 Å². The molecular formula is C13H19N3O4S. The van der Waals surface area contributed by atoms with Gasteiger partial charge in [0.2, 0.25) is 10.0 Å². The van der Waals surface area contributed by atoms with Gasteiger partial charge in [-0.25, -0.2) is 13.1 Å². The van der Waals surface area contributed by atoms with Crippen molar-refractivity contribution in [3.8, 4) is 0 Å². The second kappa shape index (κ2) is 6.40. The van der Waals surface area contributed by atoms with Crippen LogP contribution >= 0.6 is 0 Å². The number of nitrogens with zero attached hydrogens (tertiary/aromatic N) is 1. The molecule has 21 heavy (non-hydrogen) atoms. The number of nitro benzene ring substituents is 1. The van der Waals surface area contributed by atoms with E-state index >= 15 is 0 Å². The van der Waals surface area contributed by atoms with E-state index in [1.54, 1.807) is 0 Å². The highest BCUT2D eigenvalue weighted by Crippen LogP contribution is 2.30. The highest BCUT2D eigenvalue weighted by Gasteiger charge is 2.25. The quantitative estimate of drug-likeness (QED) is 0.565. The van der Waals surface area contributed by atoms with Crippen LogP contribution in [0, 0.1) is 16.0 Å². The topological polar surface area (TPSA) is 101 Å². The SMILES string of the molecule is CCCNc1cc(S(=O)(=O)NCC2CC2)ccc1[N+](=O)[O-]. The summed E-state index contributed by atoms with van der Waals surface area (Å²) >= 11 is 0. The van der Waals surface area contributed by atoms with Gasteiger partial charge in [0.1, 0.15) is 5.69 Å². The molecule has 0 amide bonds. The van der Waals surface area contributed by atoms with E-state index in [0.717, 1.165) is 19.3 Å². The van der Waals surface area contributed by atoms with Crippen LogP contribution in [0.1, 0.15) is 26.2 Å². The van der Waals surface area contributed by atoms with Gasteiger partial charge in [-0.3, -0.25) is 10.1 Å². The summed E-state index contributed by atoms with van der Waals surface area (Å²) in [6, 6.07) is 3.82. The van der Waals surface area contributed by atoms with Crippen molar-refractivity contribution < 1.29 is 13.3 Å². The van der Waals surface area contributed by atoms with Crippen molar-refractivity contribution in [1.82, 2.24) is 4.72 Å². The van der Waals surface area contributed by atoms with Crippen LogP contribution in [0.3, 0.4) is 0 Å². The second-order valence-electron chi connectivity index (χ2n) is 5.16. The van der Waals surface area contributed by atoms with Gasteiger partial charge in [-0.1, -0.05) is 6.92 Å². The average Bonchev–Trinajstić information content (AvgIpc) is 3.26. The third-order valence-corrected chi connectivity index (χ3v) is 4.72. The zero-order chi connectivity index (χ0) is 15.5. The lowest BCUT2D eigenvalue weighted by Crippen LogP contribution is -2.26. The molecule has 7 nitrogen and oxygen atoms in total. The standard InChI is InChI=1S/C13H19N3O4S/c1-2-7-14-12-8-11(5-6-13(12)16(17)18)21(19,20)15-9-10-3-4-10/h5-6,8,10,14-15H,2-4,7,9H2,1H3. The van der Waals surface area contributed by atoms with Crippen LogP contribution in [0.4, 0.5) is 11.4 Å². The van der Waals surface area contributed by atoms with E-state index in [2.05, 4.69) is 10.0 Å². The van der Waals surface area contributed by atoms with E-state index in [1.807, 2.05) is 6.92 Å². The second-order valence-corrected chi connectivity index (χ2v) is 6.93. The van der Waals surface area contributed by atoms with Crippen LogP contribution in [0.25, 0.3) is 0 Å². The zero-order valence-corrected chi connectivity index (χ0v) is 12.6. The number of hydrogen-bond donors (Lipinski definition) is 2. The maximum Gasteiger partial charge on any atom is 0.292 e. The summed E-state index contributed by atoms with van der Waals surface area (Å²) in [5.74, 6) is 0.426. The maximum atomic E-state index is 12.2. The van der Waals surface area contributed by atoms with Gasteiger partial charge in [0.15, 0.2) is 0 Å². The number of sulfonamides is 1. The molecule has 0 spiro atoms. The van der Waals surface area contributed by atoms with Crippen molar-refractivity contribution >= 4 is 21.4 Å². The van der Waals surface area contributed by atoms with E-state index in [0.29, 0.717) is 19.0 Å². The van der Waals surface area contributed by atoms with Crippen molar-refractivity contribution in [2.75, 3.05) is 18.4 Å². The lowest BCUT2D eigenvalue weighted by atomic mass is 10.2. The monoisotopic (exact) mass is 313 g/mol. The molecule has 0 aromatic heterocycles. The molecule has 0 unspecified atom stereocenters. The van der Waals surface area contributed by atoms with Gasteiger partial charge in [-0.15, -0.1) is 0 Å². The molecule has 0 heterocycles. The molecule has 1 aliphatic rings. The van der Waals surface area contributed by atoms with E-state index in [1.165, 1.54) is 18.2 Å². The van der Waals surface area contributed by atoms with Crippen LogP contribution < -0.4 is 10.0 Å². The lowest BCUT2D eigenvalue weighted by molar-refractivity contribution is -0.384. The minimum atomic E-state index is -3.62. The summed E-state index contributed by atoms with van der Waals surface area (Å²) in [6.07, 6.45) is 2.88. The molecule has 1 aliphatic carbocycles. The van der Waals surface area contributed by atoms with Crippen molar-refractivity contribution in [2.24, 2.45) is 5.92 Å². The Kier molecular flexibility index (Phi) is 4.79. The first-order valence-corrected chi connectivity index (χ1v) is 8.44. The highest BCUT2D eigenvalue weighted by molar-refractivity contribution is 7.89. The van der Waals surface area contributed by atoms with Crippen LogP contribution in [-0.2, 0) is 10.0 Å². The summed E-state index contributed by atoms with van der Waals surface area (Å²) in [7, 11) is -3.62. The molecule has 0 bridgehead atoms. The molecule has 1 saturated carbocycles. The molecule has 0 aliphatic heterocycles. The van der Waals surface area contributed by atoms with Gasteiger partial charge in [0, 0.05) is 19.2 Å². The Balaban J connectivity index is 2.24. The number of anilines is 1. The van der Waals surface area contributed by atoms with Crippen molar-refractivity contribution in [1.29, 1.82) is 0 Å². The minimum absolute atomic E-state index is 0.0485. The summed E-state index contributed by atoms with van der Waals surface area (Å²) in [4.78, 5) is 10.5. The fourth-order valence-electron chi connectivity index (χ4n) is 1.88. The third kappa shape index (κ3) is 4.15. The number of hydrogen-bond acceptors (Lipinski definition) is 5. The van der Waals surface area contributed by atoms with E-state index in [4.69, 9.17) is 0 Å². The summed E-state index contributed by atoms with van der Waals surface area (Å²) in [5, 5.41) is 13.9.